The van der Waals surface area contributed by atoms with Gasteiger partial charge in [-0.3, -0.25) is 4.79 Å². The summed E-state index contributed by atoms with van der Waals surface area (Å²) in [4.78, 5) is 10.4. The van der Waals surface area contributed by atoms with Gasteiger partial charge in [0.25, 0.3) is 0 Å². The Kier molecular flexibility index (Phi) is 16.5. The van der Waals surface area contributed by atoms with E-state index in [2.05, 4.69) is 12.1 Å². The molecule has 1 aromatic rings. The SMILES string of the molecule is O=C(O)CCCCCCCCCCCCCC(O)CCCOCc1ccccc1. The predicted molar refractivity (Wildman–Crippen MR) is 119 cm³/mol. The molecule has 0 aliphatic carbocycles. The van der Waals surface area contributed by atoms with Crippen LogP contribution in [0.2, 0.25) is 0 Å². The van der Waals surface area contributed by atoms with E-state index in [1.54, 1.807) is 0 Å². The molecule has 0 aliphatic rings. The second-order valence-corrected chi connectivity index (χ2v) is 8.16. The van der Waals surface area contributed by atoms with Crippen LogP contribution >= 0.6 is 0 Å². The van der Waals surface area contributed by atoms with Gasteiger partial charge >= 0.3 is 5.97 Å². The molecule has 0 radical (unpaired) electrons. The van der Waals surface area contributed by atoms with E-state index in [1.165, 1.54) is 56.9 Å². The summed E-state index contributed by atoms with van der Waals surface area (Å²) in [6, 6.07) is 10.2. The third-order valence-corrected chi connectivity index (χ3v) is 5.37. The summed E-state index contributed by atoms with van der Waals surface area (Å²) >= 11 is 0. The van der Waals surface area contributed by atoms with Crippen molar-refractivity contribution in [3.8, 4) is 0 Å². The zero-order chi connectivity index (χ0) is 21.0. The first kappa shape index (κ1) is 25.6. The zero-order valence-corrected chi connectivity index (χ0v) is 18.2. The van der Waals surface area contributed by atoms with Crippen molar-refractivity contribution in [3.63, 3.8) is 0 Å². The van der Waals surface area contributed by atoms with Crippen LogP contribution in [0.4, 0.5) is 0 Å². The van der Waals surface area contributed by atoms with Crippen molar-refractivity contribution in [1.29, 1.82) is 0 Å². The molecule has 0 amide bonds. The van der Waals surface area contributed by atoms with Crippen molar-refractivity contribution < 1.29 is 19.7 Å². The highest BCUT2D eigenvalue weighted by Crippen LogP contribution is 2.14. The van der Waals surface area contributed by atoms with E-state index < -0.39 is 5.97 Å². The molecule has 0 saturated carbocycles. The number of ether oxygens (including phenoxy) is 1. The fourth-order valence-corrected chi connectivity index (χ4v) is 3.58. The topological polar surface area (TPSA) is 66.8 Å². The number of unbranched alkanes of at least 4 members (excludes halogenated alkanes) is 10. The summed E-state index contributed by atoms with van der Waals surface area (Å²) in [5.41, 5.74) is 1.20. The van der Waals surface area contributed by atoms with Crippen LogP contribution < -0.4 is 0 Å². The molecule has 1 atom stereocenters. The Labute approximate surface area is 177 Å². The molecule has 2 N–H and O–H groups in total. The highest BCUT2D eigenvalue weighted by Gasteiger charge is 2.04. The number of carboxylic acids is 1. The number of rotatable bonds is 20. The molecular formula is C25H42O4. The number of aliphatic carboxylic acids is 1. The van der Waals surface area contributed by atoms with E-state index in [9.17, 15) is 9.90 Å². The Balaban J connectivity index is 1.76. The number of aliphatic hydroxyl groups excluding tert-OH is 1. The molecule has 0 spiro atoms. The normalized spacial score (nSPS) is 12.2. The van der Waals surface area contributed by atoms with Crippen molar-refractivity contribution in [1.82, 2.24) is 0 Å². The monoisotopic (exact) mass is 406 g/mol. The number of hydrogen-bond donors (Lipinski definition) is 2. The molecule has 0 fully saturated rings. The molecule has 0 heterocycles. The van der Waals surface area contributed by atoms with E-state index in [4.69, 9.17) is 9.84 Å². The van der Waals surface area contributed by atoms with Crippen molar-refractivity contribution in [3.05, 3.63) is 35.9 Å². The maximum Gasteiger partial charge on any atom is 0.303 e. The van der Waals surface area contributed by atoms with Gasteiger partial charge in [0.15, 0.2) is 0 Å². The van der Waals surface area contributed by atoms with Gasteiger partial charge in [-0.25, -0.2) is 0 Å². The number of carboxylic acid groups (broad SMARTS) is 1. The summed E-state index contributed by atoms with van der Waals surface area (Å²) < 4.78 is 5.66. The van der Waals surface area contributed by atoms with Gasteiger partial charge in [0.2, 0.25) is 0 Å². The molecule has 0 saturated heterocycles. The molecule has 0 aliphatic heterocycles. The Bertz CT molecular complexity index is 489. The highest BCUT2D eigenvalue weighted by molar-refractivity contribution is 5.66. The first-order valence-corrected chi connectivity index (χ1v) is 11.7. The minimum absolute atomic E-state index is 0.184. The summed E-state index contributed by atoms with van der Waals surface area (Å²) in [5.74, 6) is -0.676. The minimum atomic E-state index is -0.676. The highest BCUT2D eigenvalue weighted by atomic mass is 16.5. The molecular weight excluding hydrogens is 364 g/mol. The molecule has 1 unspecified atom stereocenters. The van der Waals surface area contributed by atoms with E-state index in [0.29, 0.717) is 19.6 Å². The number of carbonyl (C=O) groups is 1. The fraction of sp³-hybridized carbons (Fsp3) is 0.720. The molecule has 166 valence electrons. The van der Waals surface area contributed by atoms with Crippen LogP contribution in [0.15, 0.2) is 30.3 Å². The maximum absolute atomic E-state index is 10.4. The minimum Gasteiger partial charge on any atom is -0.481 e. The fourth-order valence-electron chi connectivity index (χ4n) is 3.58. The first-order chi connectivity index (χ1) is 14.2. The molecule has 4 nitrogen and oxygen atoms in total. The summed E-state index contributed by atoms with van der Waals surface area (Å²) in [6.45, 7) is 1.37. The lowest BCUT2D eigenvalue weighted by Gasteiger charge is -2.10. The second kappa shape index (κ2) is 18.6. The van der Waals surface area contributed by atoms with Gasteiger partial charge in [-0.1, -0.05) is 94.5 Å². The van der Waals surface area contributed by atoms with Crippen molar-refractivity contribution in [2.24, 2.45) is 0 Å². The van der Waals surface area contributed by atoms with Gasteiger partial charge in [-0.05, 0) is 31.2 Å². The van der Waals surface area contributed by atoms with Crippen LogP contribution in [0.5, 0.6) is 0 Å². The van der Waals surface area contributed by atoms with Crippen LogP contribution in [-0.4, -0.2) is 28.9 Å². The van der Waals surface area contributed by atoms with Crippen LogP contribution in [-0.2, 0) is 16.1 Å². The van der Waals surface area contributed by atoms with Gasteiger partial charge < -0.3 is 14.9 Å². The standard InChI is InChI=1S/C25H42O4/c26-24(19-15-21-29-22-23-16-11-10-12-17-23)18-13-8-6-4-2-1-3-5-7-9-14-20-25(27)28/h10-12,16-17,24,26H,1-9,13-15,18-22H2,(H,27,28). The largest absolute Gasteiger partial charge is 0.481 e. The smallest absolute Gasteiger partial charge is 0.303 e. The third-order valence-electron chi connectivity index (χ3n) is 5.37. The van der Waals surface area contributed by atoms with Gasteiger partial charge in [-0.15, -0.1) is 0 Å². The molecule has 1 rings (SSSR count). The van der Waals surface area contributed by atoms with E-state index in [1.807, 2.05) is 18.2 Å². The average molecular weight is 407 g/mol. The molecule has 29 heavy (non-hydrogen) atoms. The Hall–Kier alpha value is -1.39. The second-order valence-electron chi connectivity index (χ2n) is 8.16. The van der Waals surface area contributed by atoms with Crippen molar-refractivity contribution in [2.75, 3.05) is 6.61 Å². The summed E-state index contributed by atoms with van der Waals surface area (Å²) in [7, 11) is 0. The Morgan fingerprint density at radius 2 is 1.28 bits per heavy atom. The van der Waals surface area contributed by atoms with Crippen molar-refractivity contribution in [2.45, 2.75) is 109 Å². The van der Waals surface area contributed by atoms with Gasteiger partial charge in [0.05, 0.1) is 12.7 Å². The van der Waals surface area contributed by atoms with Crippen LogP contribution in [0, 0.1) is 0 Å². The maximum atomic E-state index is 10.4. The average Bonchev–Trinajstić information content (AvgIpc) is 2.71. The van der Waals surface area contributed by atoms with Crippen LogP contribution in [0.1, 0.15) is 102 Å². The summed E-state index contributed by atoms with van der Waals surface area (Å²) in [6.07, 6.45) is 15.9. The lowest BCUT2D eigenvalue weighted by molar-refractivity contribution is -0.137. The predicted octanol–water partition coefficient (Wildman–Crippen LogP) is 6.50. The number of aliphatic hydroxyl groups is 1. The molecule has 0 bridgehead atoms. The number of benzene rings is 1. The van der Waals surface area contributed by atoms with Gasteiger partial charge in [0.1, 0.15) is 0 Å². The summed E-state index contributed by atoms with van der Waals surface area (Å²) in [5, 5.41) is 18.6. The number of hydrogen-bond acceptors (Lipinski definition) is 3. The molecule has 0 aromatic heterocycles. The van der Waals surface area contributed by atoms with Gasteiger partial charge in [0, 0.05) is 13.0 Å². The third kappa shape index (κ3) is 17.2. The lowest BCUT2D eigenvalue weighted by Crippen LogP contribution is -2.08. The lowest BCUT2D eigenvalue weighted by atomic mass is 10.0. The van der Waals surface area contributed by atoms with E-state index in [0.717, 1.165) is 38.5 Å². The Morgan fingerprint density at radius 3 is 1.86 bits per heavy atom. The molecule has 4 heteroatoms. The quantitative estimate of drug-likeness (QED) is 0.243. The zero-order valence-electron chi connectivity index (χ0n) is 18.2. The van der Waals surface area contributed by atoms with E-state index >= 15 is 0 Å². The molecule has 1 aromatic carbocycles. The van der Waals surface area contributed by atoms with Crippen LogP contribution in [0.25, 0.3) is 0 Å². The Morgan fingerprint density at radius 1 is 0.759 bits per heavy atom. The van der Waals surface area contributed by atoms with Crippen molar-refractivity contribution >= 4 is 5.97 Å². The van der Waals surface area contributed by atoms with E-state index in [-0.39, 0.29) is 6.10 Å². The first-order valence-electron chi connectivity index (χ1n) is 11.7. The van der Waals surface area contributed by atoms with Gasteiger partial charge in [-0.2, -0.15) is 0 Å². The van der Waals surface area contributed by atoms with Crippen LogP contribution in [0.3, 0.4) is 0 Å².